The van der Waals surface area contributed by atoms with Crippen LogP contribution in [0, 0.1) is 12.7 Å². The molecule has 1 aromatic carbocycles. The SMILES string of the molecule is Cc1ccc(F)cc1N=C(N)NN. The van der Waals surface area contributed by atoms with Crippen LogP contribution in [0.3, 0.4) is 0 Å². The molecule has 0 aliphatic carbocycles. The summed E-state index contributed by atoms with van der Waals surface area (Å²) in [6.45, 7) is 1.81. The van der Waals surface area contributed by atoms with E-state index in [-0.39, 0.29) is 11.8 Å². The zero-order valence-corrected chi connectivity index (χ0v) is 7.21. The van der Waals surface area contributed by atoms with Crippen LogP contribution in [0.15, 0.2) is 23.2 Å². The molecular weight excluding hydrogens is 171 g/mol. The van der Waals surface area contributed by atoms with Gasteiger partial charge in [-0.1, -0.05) is 6.07 Å². The van der Waals surface area contributed by atoms with E-state index < -0.39 is 0 Å². The largest absolute Gasteiger partial charge is 0.369 e. The first-order valence-corrected chi connectivity index (χ1v) is 3.70. The van der Waals surface area contributed by atoms with Gasteiger partial charge in [0, 0.05) is 0 Å². The van der Waals surface area contributed by atoms with E-state index in [1.165, 1.54) is 12.1 Å². The Labute approximate surface area is 75.4 Å². The molecule has 0 bridgehead atoms. The molecule has 0 amide bonds. The van der Waals surface area contributed by atoms with Crippen LogP contribution in [0.25, 0.3) is 0 Å². The van der Waals surface area contributed by atoms with Crippen molar-refractivity contribution < 1.29 is 4.39 Å². The first-order valence-electron chi connectivity index (χ1n) is 3.70. The van der Waals surface area contributed by atoms with Crippen LogP contribution >= 0.6 is 0 Å². The molecular formula is C8H11FN4. The van der Waals surface area contributed by atoms with Crippen molar-refractivity contribution in [3.63, 3.8) is 0 Å². The lowest BCUT2D eigenvalue weighted by Gasteiger charge is -2.01. The average Bonchev–Trinajstić information content (AvgIpc) is 2.11. The third kappa shape index (κ3) is 2.41. The maximum absolute atomic E-state index is 12.7. The van der Waals surface area contributed by atoms with E-state index in [2.05, 4.69) is 10.4 Å². The molecule has 1 aromatic rings. The van der Waals surface area contributed by atoms with Gasteiger partial charge in [-0.3, -0.25) is 5.43 Å². The van der Waals surface area contributed by atoms with Crippen molar-refractivity contribution in [2.24, 2.45) is 16.6 Å². The summed E-state index contributed by atoms with van der Waals surface area (Å²) in [5.74, 6) is 4.71. The number of hydrogen-bond donors (Lipinski definition) is 3. The topological polar surface area (TPSA) is 76.4 Å². The molecule has 0 atom stereocenters. The normalized spacial score (nSPS) is 11.5. The quantitative estimate of drug-likeness (QED) is 0.257. The Bertz CT molecular complexity index is 335. The van der Waals surface area contributed by atoms with Gasteiger partial charge in [-0.15, -0.1) is 0 Å². The molecule has 0 aliphatic rings. The summed E-state index contributed by atoms with van der Waals surface area (Å²) < 4.78 is 12.7. The third-order valence-corrected chi connectivity index (χ3v) is 1.56. The smallest absolute Gasteiger partial charge is 0.208 e. The molecule has 0 saturated heterocycles. The molecule has 1 rings (SSSR count). The van der Waals surface area contributed by atoms with E-state index >= 15 is 0 Å². The number of hydrogen-bond acceptors (Lipinski definition) is 2. The van der Waals surface area contributed by atoms with Gasteiger partial charge in [0.25, 0.3) is 0 Å². The van der Waals surface area contributed by atoms with E-state index in [0.29, 0.717) is 5.69 Å². The summed E-state index contributed by atoms with van der Waals surface area (Å²) in [5, 5.41) is 0. The van der Waals surface area contributed by atoms with E-state index in [1.807, 2.05) is 6.92 Å². The van der Waals surface area contributed by atoms with Crippen LogP contribution in [0.5, 0.6) is 0 Å². The van der Waals surface area contributed by atoms with Gasteiger partial charge in [0.05, 0.1) is 5.69 Å². The van der Waals surface area contributed by atoms with Crippen LogP contribution in [0.4, 0.5) is 10.1 Å². The summed E-state index contributed by atoms with van der Waals surface area (Å²) in [7, 11) is 0. The summed E-state index contributed by atoms with van der Waals surface area (Å²) in [5.41, 5.74) is 8.78. The number of rotatable bonds is 1. The summed E-state index contributed by atoms with van der Waals surface area (Å²) in [6.07, 6.45) is 0. The molecule has 0 heterocycles. The number of hydrazine groups is 1. The molecule has 0 aliphatic heterocycles. The van der Waals surface area contributed by atoms with Crippen molar-refractivity contribution in [2.75, 3.05) is 0 Å². The minimum atomic E-state index is -0.353. The van der Waals surface area contributed by atoms with E-state index in [9.17, 15) is 4.39 Å². The lowest BCUT2D eigenvalue weighted by Crippen LogP contribution is -2.36. The minimum absolute atomic E-state index is 0.0497. The number of nitrogens with two attached hydrogens (primary N) is 2. The summed E-state index contributed by atoms with van der Waals surface area (Å²) in [4.78, 5) is 3.86. The Morgan fingerprint density at radius 1 is 1.54 bits per heavy atom. The Balaban J connectivity index is 3.07. The van der Waals surface area contributed by atoms with Gasteiger partial charge in [0.1, 0.15) is 5.82 Å². The zero-order chi connectivity index (χ0) is 9.84. The third-order valence-electron chi connectivity index (χ3n) is 1.56. The van der Waals surface area contributed by atoms with Crippen LogP contribution < -0.4 is 17.0 Å². The lowest BCUT2D eigenvalue weighted by atomic mass is 10.2. The first-order chi connectivity index (χ1) is 6.13. The van der Waals surface area contributed by atoms with Crippen molar-refractivity contribution in [3.05, 3.63) is 29.6 Å². The highest BCUT2D eigenvalue weighted by atomic mass is 19.1. The van der Waals surface area contributed by atoms with Gasteiger partial charge in [-0.05, 0) is 24.6 Å². The van der Waals surface area contributed by atoms with Crippen LogP contribution in [0.1, 0.15) is 5.56 Å². The molecule has 13 heavy (non-hydrogen) atoms. The molecule has 5 heteroatoms. The van der Waals surface area contributed by atoms with Gasteiger partial charge in [0.2, 0.25) is 5.96 Å². The van der Waals surface area contributed by atoms with E-state index in [1.54, 1.807) is 6.07 Å². The average molecular weight is 182 g/mol. The maximum Gasteiger partial charge on any atom is 0.208 e. The Hall–Kier alpha value is -1.62. The first kappa shape index (κ1) is 9.47. The van der Waals surface area contributed by atoms with Crippen molar-refractivity contribution in [3.8, 4) is 0 Å². The summed E-state index contributed by atoms with van der Waals surface area (Å²) in [6, 6.07) is 4.28. The molecule has 0 radical (unpaired) electrons. The van der Waals surface area contributed by atoms with Crippen molar-refractivity contribution in [1.29, 1.82) is 0 Å². The number of nitrogens with one attached hydrogen (secondary N) is 1. The molecule has 0 spiro atoms. The van der Waals surface area contributed by atoms with Crippen LogP contribution in [-0.2, 0) is 0 Å². The van der Waals surface area contributed by atoms with Gasteiger partial charge in [-0.25, -0.2) is 15.2 Å². The number of guanidine groups is 1. The van der Waals surface area contributed by atoms with Crippen molar-refractivity contribution in [1.82, 2.24) is 5.43 Å². The number of nitrogens with zero attached hydrogens (tertiary/aromatic N) is 1. The number of benzene rings is 1. The number of aryl methyl sites for hydroxylation is 1. The van der Waals surface area contributed by atoms with Crippen LogP contribution in [-0.4, -0.2) is 5.96 Å². The second-order valence-corrected chi connectivity index (χ2v) is 2.57. The second kappa shape index (κ2) is 3.86. The standard InChI is InChI=1S/C8H11FN4/c1-5-2-3-6(9)4-7(5)12-8(10)13-11/h2-4H,11H2,1H3,(H3,10,12,13). The van der Waals surface area contributed by atoms with Gasteiger partial charge >= 0.3 is 0 Å². The fourth-order valence-corrected chi connectivity index (χ4v) is 0.865. The van der Waals surface area contributed by atoms with E-state index in [4.69, 9.17) is 11.6 Å². The predicted molar refractivity (Wildman–Crippen MR) is 49.7 cm³/mol. The Morgan fingerprint density at radius 3 is 2.85 bits per heavy atom. The van der Waals surface area contributed by atoms with Gasteiger partial charge in [-0.2, -0.15) is 0 Å². The highest BCUT2D eigenvalue weighted by Crippen LogP contribution is 2.18. The van der Waals surface area contributed by atoms with Gasteiger partial charge in [0.15, 0.2) is 0 Å². The highest BCUT2D eigenvalue weighted by Gasteiger charge is 1.98. The fraction of sp³-hybridized carbons (Fsp3) is 0.125. The Kier molecular flexibility index (Phi) is 2.81. The molecule has 0 saturated carbocycles. The van der Waals surface area contributed by atoms with Gasteiger partial charge < -0.3 is 5.73 Å². The van der Waals surface area contributed by atoms with Crippen molar-refractivity contribution >= 4 is 11.6 Å². The molecule has 4 nitrogen and oxygen atoms in total. The zero-order valence-electron chi connectivity index (χ0n) is 7.21. The fourth-order valence-electron chi connectivity index (χ4n) is 0.865. The van der Waals surface area contributed by atoms with Crippen LogP contribution in [0.2, 0.25) is 0 Å². The number of halogens is 1. The molecule has 0 aromatic heterocycles. The minimum Gasteiger partial charge on any atom is -0.369 e. The molecule has 5 N–H and O–H groups in total. The summed E-state index contributed by atoms with van der Waals surface area (Å²) >= 11 is 0. The molecule has 70 valence electrons. The van der Waals surface area contributed by atoms with Crippen molar-refractivity contribution in [2.45, 2.75) is 6.92 Å². The molecule has 0 unspecified atom stereocenters. The predicted octanol–water partition coefficient (Wildman–Crippen LogP) is 0.544. The number of aliphatic imine (C=N–C) groups is 1. The Morgan fingerprint density at radius 2 is 2.23 bits per heavy atom. The monoisotopic (exact) mass is 182 g/mol. The van der Waals surface area contributed by atoms with E-state index in [0.717, 1.165) is 5.56 Å². The molecule has 0 fully saturated rings. The lowest BCUT2D eigenvalue weighted by molar-refractivity contribution is 0.628. The highest BCUT2D eigenvalue weighted by molar-refractivity contribution is 5.80. The maximum atomic E-state index is 12.7. The second-order valence-electron chi connectivity index (χ2n) is 2.57.